The Morgan fingerprint density at radius 3 is 3.12 bits per heavy atom. The van der Waals surface area contributed by atoms with Gasteiger partial charge in [0.2, 0.25) is 0 Å². The lowest BCUT2D eigenvalue weighted by Crippen LogP contribution is -2.08. The molecule has 0 fully saturated rings. The molecule has 0 amide bonds. The van der Waals surface area contributed by atoms with Crippen LogP contribution in [0.5, 0.6) is 0 Å². The zero-order chi connectivity index (χ0) is 11.4. The molecule has 0 aromatic carbocycles. The number of pyridine rings is 1. The van der Waals surface area contributed by atoms with E-state index in [0.717, 1.165) is 11.4 Å². The predicted molar refractivity (Wildman–Crippen MR) is 61.1 cm³/mol. The highest BCUT2D eigenvalue weighted by molar-refractivity contribution is 6.31. The van der Waals surface area contributed by atoms with E-state index in [9.17, 15) is 0 Å². The minimum Gasteiger partial charge on any atom is -0.313 e. The fourth-order valence-corrected chi connectivity index (χ4v) is 1.53. The van der Waals surface area contributed by atoms with Crippen molar-refractivity contribution in [1.29, 1.82) is 0 Å². The fraction of sp³-hybridized carbons (Fsp3) is 0.300. The van der Waals surface area contributed by atoms with Crippen LogP contribution in [0.4, 0.5) is 0 Å². The van der Waals surface area contributed by atoms with Crippen LogP contribution in [0.15, 0.2) is 24.8 Å². The first-order valence-electron chi connectivity index (χ1n) is 4.91. The van der Waals surface area contributed by atoms with Gasteiger partial charge < -0.3 is 5.32 Å². The number of hydrogen-bond acceptors (Lipinski definition) is 4. The minimum atomic E-state index is 0.609. The summed E-state index contributed by atoms with van der Waals surface area (Å²) in [5.74, 6) is 0.771. The zero-order valence-electron chi connectivity index (χ0n) is 8.89. The van der Waals surface area contributed by atoms with Gasteiger partial charge in [-0.05, 0) is 18.7 Å². The average Bonchev–Trinajstić information content (AvgIpc) is 2.70. The first kappa shape index (κ1) is 11.0. The molecule has 0 bridgehead atoms. The Labute approximate surface area is 98.5 Å². The lowest BCUT2D eigenvalue weighted by Gasteiger charge is -2.02. The lowest BCUT2D eigenvalue weighted by molar-refractivity contribution is 0.658. The van der Waals surface area contributed by atoms with E-state index >= 15 is 0 Å². The summed E-state index contributed by atoms with van der Waals surface area (Å²) >= 11 is 6.01. The fourth-order valence-electron chi connectivity index (χ4n) is 1.36. The number of halogens is 1. The summed E-state index contributed by atoms with van der Waals surface area (Å²) in [6.45, 7) is 1.27. The Kier molecular flexibility index (Phi) is 3.48. The van der Waals surface area contributed by atoms with Gasteiger partial charge in [-0.25, -0.2) is 9.67 Å². The van der Waals surface area contributed by atoms with E-state index in [1.807, 2.05) is 13.1 Å². The Morgan fingerprint density at radius 2 is 2.38 bits per heavy atom. The van der Waals surface area contributed by atoms with Crippen molar-refractivity contribution in [2.24, 2.45) is 0 Å². The van der Waals surface area contributed by atoms with Gasteiger partial charge in [-0.3, -0.25) is 4.98 Å². The molecule has 2 aromatic heterocycles. The molecule has 0 unspecified atom stereocenters. The summed E-state index contributed by atoms with van der Waals surface area (Å²) in [6, 6.07) is 1.88. The average molecular weight is 238 g/mol. The third-order valence-corrected chi connectivity index (χ3v) is 2.45. The van der Waals surface area contributed by atoms with Crippen molar-refractivity contribution < 1.29 is 0 Å². The third-order valence-electron chi connectivity index (χ3n) is 2.11. The summed E-state index contributed by atoms with van der Waals surface area (Å²) in [5, 5.41) is 7.95. The van der Waals surface area contributed by atoms with Gasteiger partial charge in [-0.15, -0.1) is 0 Å². The highest BCUT2D eigenvalue weighted by Crippen LogP contribution is 2.14. The van der Waals surface area contributed by atoms with Crippen LogP contribution in [0.3, 0.4) is 0 Å². The molecular weight excluding hydrogens is 226 g/mol. The predicted octanol–water partition coefficient (Wildman–Crippen LogP) is 1.09. The SMILES string of the molecule is CNCc1ncn(Cc2ccncc2Cl)n1. The van der Waals surface area contributed by atoms with Crippen molar-refractivity contribution in [3.05, 3.63) is 41.2 Å². The number of aromatic nitrogens is 4. The van der Waals surface area contributed by atoms with Gasteiger partial charge in [0, 0.05) is 12.4 Å². The smallest absolute Gasteiger partial charge is 0.164 e. The highest BCUT2D eigenvalue weighted by atomic mass is 35.5. The maximum Gasteiger partial charge on any atom is 0.164 e. The molecule has 0 spiro atoms. The lowest BCUT2D eigenvalue weighted by atomic mass is 10.3. The van der Waals surface area contributed by atoms with Gasteiger partial charge in [-0.2, -0.15) is 5.10 Å². The first-order chi connectivity index (χ1) is 7.79. The van der Waals surface area contributed by atoms with Crippen LogP contribution < -0.4 is 5.32 Å². The van der Waals surface area contributed by atoms with Crippen LogP contribution >= 0.6 is 11.6 Å². The van der Waals surface area contributed by atoms with E-state index < -0.39 is 0 Å². The summed E-state index contributed by atoms with van der Waals surface area (Å²) in [6.07, 6.45) is 5.04. The van der Waals surface area contributed by atoms with Crippen LogP contribution in [0.1, 0.15) is 11.4 Å². The molecule has 2 heterocycles. The summed E-state index contributed by atoms with van der Waals surface area (Å²) in [5.41, 5.74) is 0.984. The molecule has 0 aliphatic carbocycles. The molecule has 0 saturated carbocycles. The molecule has 84 valence electrons. The van der Waals surface area contributed by atoms with Crippen LogP contribution in [-0.2, 0) is 13.1 Å². The first-order valence-corrected chi connectivity index (χ1v) is 5.28. The maximum absolute atomic E-state index is 6.01. The molecular formula is C10H12ClN5. The number of nitrogens with zero attached hydrogens (tertiary/aromatic N) is 4. The van der Waals surface area contributed by atoms with Crippen molar-refractivity contribution in [3.8, 4) is 0 Å². The molecule has 6 heteroatoms. The standard InChI is InChI=1S/C10H12ClN5/c1-12-5-10-14-7-16(15-10)6-8-2-3-13-4-9(8)11/h2-4,7,12H,5-6H2,1H3. The Bertz CT molecular complexity index is 468. The number of rotatable bonds is 4. The second-order valence-electron chi connectivity index (χ2n) is 3.36. The summed E-state index contributed by atoms with van der Waals surface area (Å²) in [4.78, 5) is 8.10. The zero-order valence-corrected chi connectivity index (χ0v) is 9.65. The van der Waals surface area contributed by atoms with Gasteiger partial charge in [-0.1, -0.05) is 11.6 Å². The number of hydrogen-bond donors (Lipinski definition) is 1. The van der Waals surface area contributed by atoms with Crippen molar-refractivity contribution in [2.75, 3.05) is 7.05 Å². The molecule has 0 atom stereocenters. The van der Waals surface area contributed by atoms with E-state index in [4.69, 9.17) is 11.6 Å². The van der Waals surface area contributed by atoms with E-state index in [-0.39, 0.29) is 0 Å². The molecule has 16 heavy (non-hydrogen) atoms. The van der Waals surface area contributed by atoms with Gasteiger partial charge in [0.25, 0.3) is 0 Å². The van der Waals surface area contributed by atoms with Gasteiger partial charge in [0.15, 0.2) is 5.82 Å². The van der Waals surface area contributed by atoms with Crippen LogP contribution in [0, 0.1) is 0 Å². The molecule has 0 radical (unpaired) electrons. The van der Waals surface area contributed by atoms with Crippen LogP contribution in [-0.4, -0.2) is 26.8 Å². The largest absolute Gasteiger partial charge is 0.313 e. The Hall–Kier alpha value is -1.46. The summed E-state index contributed by atoms with van der Waals surface area (Å²) < 4.78 is 1.76. The highest BCUT2D eigenvalue weighted by Gasteiger charge is 2.03. The van der Waals surface area contributed by atoms with Gasteiger partial charge in [0.1, 0.15) is 6.33 Å². The second-order valence-corrected chi connectivity index (χ2v) is 3.76. The Balaban J connectivity index is 2.11. The second kappa shape index (κ2) is 5.05. The Morgan fingerprint density at radius 1 is 1.50 bits per heavy atom. The minimum absolute atomic E-state index is 0.609. The van der Waals surface area contributed by atoms with Crippen molar-refractivity contribution >= 4 is 11.6 Å². The van der Waals surface area contributed by atoms with Gasteiger partial charge in [0.05, 0.1) is 18.1 Å². The third kappa shape index (κ3) is 2.56. The van der Waals surface area contributed by atoms with Crippen LogP contribution in [0.25, 0.3) is 0 Å². The molecule has 0 aliphatic rings. The topological polar surface area (TPSA) is 55.6 Å². The maximum atomic E-state index is 6.01. The molecule has 5 nitrogen and oxygen atoms in total. The molecule has 0 aliphatic heterocycles. The van der Waals surface area contributed by atoms with E-state index in [1.165, 1.54) is 0 Å². The molecule has 0 saturated heterocycles. The van der Waals surface area contributed by atoms with Crippen molar-refractivity contribution in [1.82, 2.24) is 25.1 Å². The normalized spacial score (nSPS) is 10.6. The van der Waals surface area contributed by atoms with E-state index in [2.05, 4.69) is 20.4 Å². The quantitative estimate of drug-likeness (QED) is 0.865. The van der Waals surface area contributed by atoms with E-state index in [1.54, 1.807) is 23.4 Å². The summed E-state index contributed by atoms with van der Waals surface area (Å²) in [7, 11) is 1.86. The number of nitrogens with one attached hydrogen (secondary N) is 1. The molecule has 1 N–H and O–H groups in total. The van der Waals surface area contributed by atoms with Crippen LogP contribution in [0.2, 0.25) is 5.02 Å². The molecule has 2 rings (SSSR count). The van der Waals surface area contributed by atoms with Crippen molar-refractivity contribution in [3.63, 3.8) is 0 Å². The monoisotopic (exact) mass is 237 g/mol. The van der Waals surface area contributed by atoms with Gasteiger partial charge >= 0.3 is 0 Å². The van der Waals surface area contributed by atoms with E-state index in [0.29, 0.717) is 18.1 Å². The molecule has 2 aromatic rings. The van der Waals surface area contributed by atoms with Crippen molar-refractivity contribution in [2.45, 2.75) is 13.1 Å².